The molecule has 2 aromatic carbocycles. The van der Waals surface area contributed by atoms with E-state index < -0.39 is 0 Å². The number of fused-ring (bicyclic) bond motifs is 1. The molecule has 1 saturated carbocycles. The lowest BCUT2D eigenvalue weighted by Gasteiger charge is -2.18. The number of benzene rings is 2. The summed E-state index contributed by atoms with van der Waals surface area (Å²) in [7, 11) is 2.03. The van der Waals surface area contributed by atoms with Crippen molar-refractivity contribution in [2.45, 2.75) is 32.2 Å². The van der Waals surface area contributed by atoms with Gasteiger partial charge in [-0.05, 0) is 43.9 Å². The fraction of sp³-hybridized carbons (Fsp3) is 0.381. The predicted molar refractivity (Wildman–Crippen MR) is 110 cm³/mol. The highest BCUT2D eigenvalue weighted by molar-refractivity contribution is 6.36. The summed E-state index contributed by atoms with van der Waals surface area (Å²) in [5, 5.41) is 11.1. The zero-order chi connectivity index (χ0) is 18.3. The number of rotatable bonds is 6. The average Bonchev–Trinajstić information content (AvgIpc) is 3.38. The van der Waals surface area contributed by atoms with Crippen molar-refractivity contribution in [3.63, 3.8) is 0 Å². The lowest BCUT2D eigenvalue weighted by molar-refractivity contribution is 0.475. The van der Waals surface area contributed by atoms with Crippen LogP contribution in [-0.2, 0) is 7.05 Å². The van der Waals surface area contributed by atoms with E-state index in [1.807, 2.05) is 23.9 Å². The second-order valence-electron chi connectivity index (χ2n) is 7.15. The monoisotopic (exact) mass is 387 g/mol. The third-order valence-electron chi connectivity index (χ3n) is 5.22. The van der Waals surface area contributed by atoms with Gasteiger partial charge in [0.05, 0.1) is 5.69 Å². The molecule has 0 spiro atoms. The highest BCUT2D eigenvalue weighted by Gasteiger charge is 2.25. The molecule has 5 heteroatoms. The normalized spacial score (nSPS) is 15.5. The van der Waals surface area contributed by atoms with Gasteiger partial charge in [-0.1, -0.05) is 54.4 Å². The summed E-state index contributed by atoms with van der Waals surface area (Å²) < 4.78 is 2.02. The Hall–Kier alpha value is -1.55. The number of hydrogen-bond acceptors (Lipinski definition) is 2. The standard InChI is InChI=1S/C21H23Cl2N3/c1-3-19(24-12-13-7-8-13)21-17-6-4-5-16(20(17)25-26(21)2)15-10-9-14(22)11-18(15)23/h4-6,9-11,13,19,24H,3,7-8,12H2,1-2H3. The van der Waals surface area contributed by atoms with Gasteiger partial charge in [0, 0.05) is 39.6 Å². The Labute approximate surface area is 164 Å². The van der Waals surface area contributed by atoms with Crippen molar-refractivity contribution in [3.05, 3.63) is 52.1 Å². The van der Waals surface area contributed by atoms with Crippen LogP contribution in [0, 0.1) is 5.92 Å². The lowest BCUT2D eigenvalue weighted by Crippen LogP contribution is -2.25. The van der Waals surface area contributed by atoms with E-state index in [4.69, 9.17) is 28.3 Å². The van der Waals surface area contributed by atoms with Gasteiger partial charge < -0.3 is 5.32 Å². The molecule has 1 aromatic heterocycles. The highest BCUT2D eigenvalue weighted by atomic mass is 35.5. The Bertz CT molecular complexity index is 944. The Morgan fingerprint density at radius 2 is 2.00 bits per heavy atom. The van der Waals surface area contributed by atoms with E-state index in [1.54, 1.807) is 6.07 Å². The molecule has 1 heterocycles. The lowest BCUT2D eigenvalue weighted by atomic mass is 10.00. The molecule has 1 atom stereocenters. The molecule has 0 saturated heterocycles. The Morgan fingerprint density at radius 1 is 1.19 bits per heavy atom. The molecule has 0 radical (unpaired) electrons. The Morgan fingerprint density at radius 3 is 2.69 bits per heavy atom. The first-order chi connectivity index (χ1) is 12.6. The third-order valence-corrected chi connectivity index (χ3v) is 5.77. The molecule has 0 aliphatic heterocycles. The topological polar surface area (TPSA) is 29.9 Å². The quantitative estimate of drug-likeness (QED) is 0.561. The number of aryl methyl sites for hydroxylation is 1. The van der Waals surface area contributed by atoms with Crippen molar-refractivity contribution in [2.24, 2.45) is 13.0 Å². The summed E-state index contributed by atoms with van der Waals surface area (Å²) in [6.07, 6.45) is 3.75. The molecule has 3 nitrogen and oxygen atoms in total. The molecule has 1 unspecified atom stereocenters. The maximum atomic E-state index is 6.46. The third kappa shape index (κ3) is 3.36. The van der Waals surface area contributed by atoms with Gasteiger partial charge in [-0.15, -0.1) is 0 Å². The summed E-state index contributed by atoms with van der Waals surface area (Å²) in [6, 6.07) is 12.3. The van der Waals surface area contributed by atoms with Crippen LogP contribution in [0.15, 0.2) is 36.4 Å². The molecule has 1 aliphatic carbocycles. The maximum absolute atomic E-state index is 6.46. The van der Waals surface area contributed by atoms with Gasteiger partial charge >= 0.3 is 0 Å². The molecule has 3 aromatic rings. The van der Waals surface area contributed by atoms with Crippen LogP contribution in [0.5, 0.6) is 0 Å². The van der Waals surface area contributed by atoms with E-state index in [9.17, 15) is 0 Å². The molecule has 26 heavy (non-hydrogen) atoms. The number of nitrogens with zero attached hydrogens (tertiary/aromatic N) is 2. The van der Waals surface area contributed by atoms with E-state index in [1.165, 1.54) is 23.9 Å². The smallest absolute Gasteiger partial charge is 0.101 e. The van der Waals surface area contributed by atoms with E-state index in [2.05, 4.69) is 30.4 Å². The van der Waals surface area contributed by atoms with Crippen LogP contribution in [0.25, 0.3) is 22.0 Å². The van der Waals surface area contributed by atoms with Crippen LogP contribution < -0.4 is 5.32 Å². The van der Waals surface area contributed by atoms with Crippen molar-refractivity contribution < 1.29 is 0 Å². The van der Waals surface area contributed by atoms with Crippen molar-refractivity contribution >= 4 is 34.1 Å². The molecule has 4 rings (SSSR count). The Kier molecular flexibility index (Phi) is 4.96. The van der Waals surface area contributed by atoms with Gasteiger partial charge in [0.15, 0.2) is 0 Å². The van der Waals surface area contributed by atoms with Crippen molar-refractivity contribution in [3.8, 4) is 11.1 Å². The average molecular weight is 388 g/mol. The van der Waals surface area contributed by atoms with E-state index in [0.29, 0.717) is 16.1 Å². The van der Waals surface area contributed by atoms with E-state index in [-0.39, 0.29) is 0 Å². The van der Waals surface area contributed by atoms with Crippen LogP contribution >= 0.6 is 23.2 Å². The van der Waals surface area contributed by atoms with Crippen molar-refractivity contribution in [1.29, 1.82) is 0 Å². The zero-order valence-corrected chi connectivity index (χ0v) is 16.6. The molecule has 1 aliphatic rings. The van der Waals surface area contributed by atoms with E-state index in [0.717, 1.165) is 35.5 Å². The van der Waals surface area contributed by atoms with Gasteiger partial charge in [-0.25, -0.2) is 0 Å². The van der Waals surface area contributed by atoms with Gasteiger partial charge in [0.2, 0.25) is 0 Å². The van der Waals surface area contributed by atoms with Crippen LogP contribution in [0.4, 0.5) is 0 Å². The zero-order valence-electron chi connectivity index (χ0n) is 15.1. The summed E-state index contributed by atoms with van der Waals surface area (Å²) in [6.45, 7) is 3.32. The maximum Gasteiger partial charge on any atom is 0.101 e. The van der Waals surface area contributed by atoms with E-state index >= 15 is 0 Å². The van der Waals surface area contributed by atoms with Crippen LogP contribution in [0.3, 0.4) is 0 Å². The summed E-state index contributed by atoms with van der Waals surface area (Å²) in [5.41, 5.74) is 4.24. The minimum atomic E-state index is 0.307. The number of nitrogens with one attached hydrogen (secondary N) is 1. The first-order valence-corrected chi connectivity index (χ1v) is 9.98. The molecular weight excluding hydrogens is 365 g/mol. The van der Waals surface area contributed by atoms with Gasteiger partial charge in [-0.3, -0.25) is 4.68 Å². The number of halogens is 2. The molecule has 1 fully saturated rings. The molecular formula is C21H23Cl2N3. The van der Waals surface area contributed by atoms with Gasteiger partial charge in [0.1, 0.15) is 5.52 Å². The highest BCUT2D eigenvalue weighted by Crippen LogP contribution is 2.37. The molecule has 1 N–H and O–H groups in total. The largest absolute Gasteiger partial charge is 0.308 e. The van der Waals surface area contributed by atoms with Crippen LogP contribution in [0.2, 0.25) is 10.0 Å². The fourth-order valence-electron chi connectivity index (χ4n) is 3.64. The minimum Gasteiger partial charge on any atom is -0.308 e. The summed E-state index contributed by atoms with van der Waals surface area (Å²) >= 11 is 12.5. The predicted octanol–water partition coefficient (Wildman–Crippen LogP) is 6.00. The summed E-state index contributed by atoms with van der Waals surface area (Å²) in [5.74, 6) is 0.854. The number of hydrogen-bond donors (Lipinski definition) is 1. The Balaban J connectivity index is 1.80. The van der Waals surface area contributed by atoms with Crippen LogP contribution in [-0.4, -0.2) is 16.3 Å². The fourth-order valence-corrected chi connectivity index (χ4v) is 4.15. The number of aromatic nitrogens is 2. The first-order valence-electron chi connectivity index (χ1n) is 9.23. The minimum absolute atomic E-state index is 0.307. The second kappa shape index (κ2) is 7.22. The molecule has 136 valence electrons. The van der Waals surface area contributed by atoms with Crippen molar-refractivity contribution in [2.75, 3.05) is 6.54 Å². The van der Waals surface area contributed by atoms with Gasteiger partial charge in [-0.2, -0.15) is 5.10 Å². The second-order valence-corrected chi connectivity index (χ2v) is 7.99. The molecule has 0 amide bonds. The first kappa shape index (κ1) is 17.8. The van der Waals surface area contributed by atoms with Crippen LogP contribution in [0.1, 0.15) is 37.9 Å². The van der Waals surface area contributed by atoms with Crippen molar-refractivity contribution in [1.82, 2.24) is 15.1 Å². The SMILES string of the molecule is CCC(NCC1CC1)c1c2cccc(-c3ccc(Cl)cc3Cl)c2nn1C. The molecule has 0 bridgehead atoms. The summed E-state index contributed by atoms with van der Waals surface area (Å²) in [4.78, 5) is 0. The van der Waals surface area contributed by atoms with Gasteiger partial charge in [0.25, 0.3) is 0 Å².